The van der Waals surface area contributed by atoms with E-state index in [1.807, 2.05) is 19.6 Å². The van der Waals surface area contributed by atoms with Crippen molar-refractivity contribution in [3.8, 4) is 11.5 Å². The number of carboxylic acids is 1. The predicted molar refractivity (Wildman–Crippen MR) is 63.9 cm³/mol. The smallest absolute Gasteiger partial charge is 0.339 e. The van der Waals surface area contributed by atoms with Gasteiger partial charge in [0.1, 0.15) is 5.56 Å². The van der Waals surface area contributed by atoms with Gasteiger partial charge in [0, 0.05) is 0 Å². The summed E-state index contributed by atoms with van der Waals surface area (Å²) in [5.41, 5.74) is 0.141. The van der Waals surface area contributed by atoms with Crippen molar-refractivity contribution in [2.24, 2.45) is 0 Å². The lowest BCUT2D eigenvalue weighted by Crippen LogP contribution is -2.30. The molecule has 4 nitrogen and oxygen atoms in total. The van der Waals surface area contributed by atoms with Gasteiger partial charge >= 0.3 is 5.97 Å². The topological polar surface area (TPSA) is 55.8 Å². The fourth-order valence-electron chi connectivity index (χ4n) is 1.26. The van der Waals surface area contributed by atoms with E-state index in [-0.39, 0.29) is 5.56 Å². The zero-order valence-electron chi connectivity index (χ0n) is 9.90. The molecule has 0 atom stereocenters. The van der Waals surface area contributed by atoms with Crippen LogP contribution in [0.15, 0.2) is 18.2 Å². The number of rotatable bonds is 4. The van der Waals surface area contributed by atoms with Crippen LogP contribution in [-0.4, -0.2) is 26.5 Å². The molecule has 0 aliphatic heterocycles. The van der Waals surface area contributed by atoms with E-state index in [4.69, 9.17) is 14.3 Å². The molecule has 0 fully saturated rings. The van der Waals surface area contributed by atoms with Gasteiger partial charge in [-0.3, -0.25) is 0 Å². The van der Waals surface area contributed by atoms with Gasteiger partial charge in [-0.05, 0) is 31.8 Å². The highest BCUT2D eigenvalue weighted by Crippen LogP contribution is 2.33. The Labute approximate surface area is 95.9 Å². The number of benzene rings is 1. The fourth-order valence-corrected chi connectivity index (χ4v) is 2.08. The molecule has 0 saturated heterocycles. The summed E-state index contributed by atoms with van der Waals surface area (Å²) in [5.74, 6) is -0.217. The zero-order valence-corrected chi connectivity index (χ0v) is 10.9. The van der Waals surface area contributed by atoms with E-state index in [1.54, 1.807) is 12.1 Å². The van der Waals surface area contributed by atoms with Gasteiger partial charge in [0.25, 0.3) is 0 Å². The van der Waals surface area contributed by atoms with Crippen LogP contribution in [-0.2, 0) is 0 Å². The summed E-state index contributed by atoms with van der Waals surface area (Å²) < 4.78 is 10.9. The van der Waals surface area contributed by atoms with E-state index in [0.29, 0.717) is 11.5 Å². The predicted octanol–water partition coefficient (Wildman–Crippen LogP) is 2.61. The molecule has 1 aromatic carbocycles. The minimum absolute atomic E-state index is 0.141. The van der Waals surface area contributed by atoms with Crippen molar-refractivity contribution in [1.82, 2.24) is 0 Å². The van der Waals surface area contributed by atoms with Crippen molar-refractivity contribution < 1.29 is 19.1 Å². The van der Waals surface area contributed by atoms with Gasteiger partial charge in [-0.2, -0.15) is 0 Å². The van der Waals surface area contributed by atoms with Crippen LogP contribution in [0.3, 0.4) is 0 Å². The summed E-state index contributed by atoms with van der Waals surface area (Å²) in [7, 11) is -0.368. The van der Waals surface area contributed by atoms with Gasteiger partial charge < -0.3 is 14.3 Å². The van der Waals surface area contributed by atoms with Crippen molar-refractivity contribution in [3.05, 3.63) is 23.8 Å². The maximum absolute atomic E-state index is 11.1. The molecule has 88 valence electrons. The maximum Gasteiger partial charge on any atom is 0.339 e. The second kappa shape index (κ2) is 4.57. The molecule has 1 N–H and O–H groups in total. The van der Waals surface area contributed by atoms with Crippen LogP contribution < -0.4 is 9.16 Å². The Balaban J connectivity index is 3.25. The molecule has 1 aromatic rings. The third-order valence-corrected chi connectivity index (χ3v) is 2.65. The molecule has 0 aliphatic carbocycles. The molecule has 0 spiro atoms. The van der Waals surface area contributed by atoms with Gasteiger partial charge in [-0.1, -0.05) is 6.07 Å². The molecule has 0 aromatic heterocycles. The monoisotopic (exact) mass is 240 g/mol. The van der Waals surface area contributed by atoms with Crippen LogP contribution in [0, 0.1) is 0 Å². The number of carboxylic acid groups (broad SMARTS) is 1. The Bertz CT molecular complexity index is 395. The first-order valence-electron chi connectivity index (χ1n) is 4.94. The molecule has 0 bridgehead atoms. The Morgan fingerprint density at radius 2 is 1.94 bits per heavy atom. The van der Waals surface area contributed by atoms with E-state index in [2.05, 4.69) is 0 Å². The molecule has 0 unspecified atom stereocenters. The SMILES string of the molecule is COc1cccc(C(=O)O)c1O[Si](C)(C)C. The highest BCUT2D eigenvalue weighted by atomic mass is 28.4. The summed E-state index contributed by atoms with van der Waals surface area (Å²) in [6, 6.07) is 4.85. The van der Waals surface area contributed by atoms with Gasteiger partial charge in [0.05, 0.1) is 7.11 Å². The third-order valence-electron chi connectivity index (χ3n) is 1.84. The van der Waals surface area contributed by atoms with Crippen LogP contribution in [0.5, 0.6) is 11.5 Å². The Morgan fingerprint density at radius 1 is 1.31 bits per heavy atom. The Morgan fingerprint density at radius 3 is 2.38 bits per heavy atom. The fraction of sp³-hybridized carbons (Fsp3) is 0.364. The van der Waals surface area contributed by atoms with E-state index in [1.165, 1.54) is 13.2 Å². The first kappa shape index (κ1) is 12.6. The number of ether oxygens (including phenoxy) is 1. The molecule has 0 aliphatic rings. The maximum atomic E-state index is 11.1. The van der Waals surface area contributed by atoms with E-state index >= 15 is 0 Å². The van der Waals surface area contributed by atoms with Crippen LogP contribution in [0.4, 0.5) is 0 Å². The number of aromatic carboxylic acids is 1. The van der Waals surface area contributed by atoms with E-state index in [0.717, 1.165) is 0 Å². The highest BCUT2D eigenvalue weighted by molar-refractivity contribution is 6.70. The average molecular weight is 240 g/mol. The van der Waals surface area contributed by atoms with Crippen molar-refractivity contribution in [2.45, 2.75) is 19.6 Å². The highest BCUT2D eigenvalue weighted by Gasteiger charge is 2.23. The van der Waals surface area contributed by atoms with Gasteiger partial charge in [0.2, 0.25) is 8.32 Å². The number of para-hydroxylation sites is 1. The van der Waals surface area contributed by atoms with E-state index < -0.39 is 14.3 Å². The first-order valence-corrected chi connectivity index (χ1v) is 8.35. The normalized spacial score (nSPS) is 11.0. The van der Waals surface area contributed by atoms with Crippen LogP contribution in [0.25, 0.3) is 0 Å². The molecule has 0 radical (unpaired) electrons. The summed E-state index contributed by atoms with van der Waals surface area (Å²) in [4.78, 5) is 11.1. The second-order valence-electron chi connectivity index (χ2n) is 4.36. The molecule has 16 heavy (non-hydrogen) atoms. The second-order valence-corrected chi connectivity index (χ2v) is 8.79. The largest absolute Gasteiger partial charge is 0.541 e. The number of carbonyl (C=O) groups is 1. The molecule has 0 heterocycles. The number of hydrogen-bond acceptors (Lipinski definition) is 3. The molecular formula is C11H16O4Si. The lowest BCUT2D eigenvalue weighted by Gasteiger charge is -2.22. The standard InChI is InChI=1S/C11H16O4Si/c1-14-9-7-5-6-8(11(12)13)10(9)15-16(2,3)4/h5-7H,1-4H3,(H,12,13). The quantitative estimate of drug-likeness (QED) is 0.822. The Hall–Kier alpha value is -1.49. The van der Waals surface area contributed by atoms with Crippen LogP contribution >= 0.6 is 0 Å². The average Bonchev–Trinajstić information content (AvgIpc) is 2.15. The molecule has 0 amide bonds. The molecule has 5 heteroatoms. The lowest BCUT2D eigenvalue weighted by atomic mass is 10.2. The summed E-state index contributed by atoms with van der Waals surface area (Å²) >= 11 is 0. The first-order chi connectivity index (χ1) is 7.35. The summed E-state index contributed by atoms with van der Waals surface area (Å²) in [6.45, 7) is 5.97. The summed E-state index contributed by atoms with van der Waals surface area (Å²) in [5, 5.41) is 9.06. The third kappa shape index (κ3) is 3.00. The van der Waals surface area contributed by atoms with Crippen molar-refractivity contribution >= 4 is 14.3 Å². The van der Waals surface area contributed by atoms with E-state index in [9.17, 15) is 4.79 Å². The Kier molecular flexibility index (Phi) is 3.59. The van der Waals surface area contributed by atoms with Crippen molar-refractivity contribution in [3.63, 3.8) is 0 Å². The minimum atomic E-state index is -1.87. The van der Waals surface area contributed by atoms with Gasteiger partial charge in [-0.15, -0.1) is 0 Å². The van der Waals surface area contributed by atoms with Crippen molar-refractivity contribution in [1.29, 1.82) is 0 Å². The summed E-state index contributed by atoms with van der Waals surface area (Å²) in [6.07, 6.45) is 0. The molecule has 1 rings (SSSR count). The zero-order chi connectivity index (χ0) is 12.3. The lowest BCUT2D eigenvalue weighted by molar-refractivity contribution is 0.0694. The van der Waals surface area contributed by atoms with Crippen LogP contribution in [0.1, 0.15) is 10.4 Å². The molecular weight excluding hydrogens is 224 g/mol. The van der Waals surface area contributed by atoms with Crippen molar-refractivity contribution in [2.75, 3.05) is 7.11 Å². The number of hydrogen-bond donors (Lipinski definition) is 1. The minimum Gasteiger partial charge on any atom is -0.541 e. The number of methoxy groups -OCH3 is 1. The van der Waals surface area contributed by atoms with Crippen LogP contribution in [0.2, 0.25) is 19.6 Å². The molecule has 0 saturated carbocycles. The van der Waals surface area contributed by atoms with Gasteiger partial charge in [-0.25, -0.2) is 4.79 Å². The van der Waals surface area contributed by atoms with Gasteiger partial charge in [0.15, 0.2) is 11.5 Å².